The van der Waals surface area contributed by atoms with E-state index in [4.69, 9.17) is 9.72 Å². The molecule has 1 atom stereocenters. The van der Waals surface area contributed by atoms with Crippen molar-refractivity contribution >= 4 is 28.8 Å². The normalized spacial score (nSPS) is 17.6. The Morgan fingerprint density at radius 3 is 2.57 bits per heavy atom. The fourth-order valence-electron chi connectivity index (χ4n) is 4.93. The molecule has 8 heteroatoms. The van der Waals surface area contributed by atoms with E-state index in [2.05, 4.69) is 9.88 Å². The predicted molar refractivity (Wildman–Crippen MR) is 129 cm³/mol. The Morgan fingerprint density at radius 2 is 1.80 bits per heavy atom. The average Bonchev–Trinajstić information content (AvgIpc) is 3.42. The third kappa shape index (κ3) is 3.45. The first-order valence-corrected chi connectivity index (χ1v) is 11.4. The second-order valence-corrected chi connectivity index (χ2v) is 8.73. The van der Waals surface area contributed by atoms with Crippen molar-refractivity contribution in [1.82, 2.24) is 19.8 Å². The summed E-state index contributed by atoms with van der Waals surface area (Å²) in [6.45, 7) is 0.317. The van der Waals surface area contributed by atoms with Gasteiger partial charge in [-0.15, -0.1) is 0 Å². The number of carbonyl (C=O) groups excluding carboxylic acids is 3. The first kappa shape index (κ1) is 21.1. The second kappa shape index (κ2) is 8.09. The lowest BCUT2D eigenvalue weighted by Gasteiger charge is -2.29. The number of aromatic nitrogens is 2. The van der Waals surface area contributed by atoms with Crippen LogP contribution in [0.1, 0.15) is 28.8 Å². The van der Waals surface area contributed by atoms with Crippen molar-refractivity contribution in [3.8, 4) is 22.8 Å². The Hall–Kier alpha value is -4.46. The van der Waals surface area contributed by atoms with Gasteiger partial charge in [0.05, 0.1) is 18.1 Å². The highest BCUT2D eigenvalue weighted by Gasteiger charge is 2.39. The summed E-state index contributed by atoms with van der Waals surface area (Å²) in [4.78, 5) is 43.5. The molecule has 3 aromatic carbocycles. The van der Waals surface area contributed by atoms with Crippen LogP contribution in [0.3, 0.4) is 0 Å². The van der Waals surface area contributed by atoms with Crippen molar-refractivity contribution in [3.63, 3.8) is 0 Å². The van der Waals surface area contributed by atoms with Crippen LogP contribution in [0, 0.1) is 0 Å². The average molecular weight is 466 g/mol. The van der Waals surface area contributed by atoms with Crippen LogP contribution in [0.25, 0.3) is 28.1 Å². The van der Waals surface area contributed by atoms with Crippen LogP contribution in [0.2, 0.25) is 0 Å². The molecule has 8 nitrogen and oxygen atoms in total. The molecule has 0 radical (unpaired) electrons. The lowest BCUT2D eigenvalue weighted by Crippen LogP contribution is -2.52. The SMILES string of the molecule is COc1ccc(-n2c(-c3ccc4c(c3)CN(C3CCC(=O)NC3=O)C4=O)nc3ccccc32)cc1. The minimum Gasteiger partial charge on any atom is -0.497 e. The molecule has 3 amide bonds. The number of hydrogen-bond acceptors (Lipinski definition) is 5. The number of carbonyl (C=O) groups is 3. The van der Waals surface area contributed by atoms with Gasteiger partial charge >= 0.3 is 0 Å². The molecule has 0 saturated carbocycles. The lowest BCUT2D eigenvalue weighted by molar-refractivity contribution is -0.136. The van der Waals surface area contributed by atoms with Crippen LogP contribution in [0.4, 0.5) is 0 Å². The molecular weight excluding hydrogens is 444 g/mol. The number of piperidine rings is 1. The summed E-state index contributed by atoms with van der Waals surface area (Å²) in [6.07, 6.45) is 0.568. The summed E-state index contributed by atoms with van der Waals surface area (Å²) >= 11 is 0. The van der Waals surface area contributed by atoms with E-state index in [-0.39, 0.29) is 18.2 Å². The van der Waals surface area contributed by atoms with Gasteiger partial charge in [0.2, 0.25) is 11.8 Å². The largest absolute Gasteiger partial charge is 0.497 e. The van der Waals surface area contributed by atoms with Gasteiger partial charge in [-0.2, -0.15) is 0 Å². The van der Waals surface area contributed by atoms with Gasteiger partial charge in [-0.3, -0.25) is 24.3 Å². The van der Waals surface area contributed by atoms with Crippen molar-refractivity contribution in [3.05, 3.63) is 77.9 Å². The van der Waals surface area contributed by atoms with Crippen molar-refractivity contribution in [2.75, 3.05) is 7.11 Å². The standard InChI is InChI=1S/C27H22N4O4/c1-35-19-9-7-18(8-10-19)31-22-5-3-2-4-21(22)28-25(31)16-6-11-20-17(14-16)15-30(27(20)34)23-12-13-24(32)29-26(23)33/h2-11,14,23H,12-13,15H2,1H3,(H,29,32,33). The summed E-state index contributed by atoms with van der Waals surface area (Å²) in [5, 5.41) is 2.35. The molecule has 2 aliphatic heterocycles. The molecule has 1 saturated heterocycles. The van der Waals surface area contributed by atoms with Gasteiger partial charge in [0, 0.05) is 29.8 Å². The van der Waals surface area contributed by atoms with Crippen LogP contribution in [0.15, 0.2) is 66.7 Å². The Labute approximate surface area is 201 Å². The minimum absolute atomic E-state index is 0.190. The third-order valence-corrected chi connectivity index (χ3v) is 6.67. The van der Waals surface area contributed by atoms with Gasteiger partial charge in [-0.1, -0.05) is 18.2 Å². The topological polar surface area (TPSA) is 93.5 Å². The summed E-state index contributed by atoms with van der Waals surface area (Å²) < 4.78 is 7.40. The number of nitrogens with one attached hydrogen (secondary N) is 1. The quantitative estimate of drug-likeness (QED) is 0.465. The highest BCUT2D eigenvalue weighted by atomic mass is 16.5. The molecule has 0 aliphatic carbocycles. The maximum atomic E-state index is 13.1. The number of ether oxygens (including phenoxy) is 1. The smallest absolute Gasteiger partial charge is 0.255 e. The Morgan fingerprint density at radius 1 is 1.00 bits per heavy atom. The van der Waals surface area contributed by atoms with Crippen LogP contribution in [-0.2, 0) is 16.1 Å². The zero-order valence-electron chi connectivity index (χ0n) is 19.0. The molecule has 3 heterocycles. The van der Waals surface area contributed by atoms with Gasteiger partial charge in [-0.25, -0.2) is 4.98 Å². The van der Waals surface area contributed by atoms with E-state index >= 15 is 0 Å². The number of benzene rings is 3. The highest BCUT2D eigenvalue weighted by Crippen LogP contribution is 2.34. The summed E-state index contributed by atoms with van der Waals surface area (Å²) in [5.74, 6) is 0.624. The van der Waals surface area contributed by atoms with Crippen LogP contribution >= 0.6 is 0 Å². The molecule has 4 aromatic rings. The number of nitrogens with zero attached hydrogens (tertiary/aromatic N) is 3. The van der Waals surface area contributed by atoms with Crippen molar-refractivity contribution in [2.24, 2.45) is 0 Å². The number of methoxy groups -OCH3 is 1. The molecule has 6 rings (SSSR count). The first-order chi connectivity index (χ1) is 17.0. The van der Waals surface area contributed by atoms with E-state index < -0.39 is 11.9 Å². The first-order valence-electron chi connectivity index (χ1n) is 11.4. The van der Waals surface area contributed by atoms with E-state index in [1.807, 2.05) is 60.7 Å². The molecule has 1 fully saturated rings. The monoisotopic (exact) mass is 466 g/mol. The molecule has 0 bridgehead atoms. The molecule has 0 spiro atoms. The number of fused-ring (bicyclic) bond motifs is 2. The van der Waals surface area contributed by atoms with Gasteiger partial charge in [0.1, 0.15) is 17.6 Å². The van der Waals surface area contributed by atoms with Crippen LogP contribution in [-0.4, -0.2) is 45.3 Å². The van der Waals surface area contributed by atoms with Gasteiger partial charge in [0.15, 0.2) is 0 Å². The third-order valence-electron chi connectivity index (χ3n) is 6.67. The van der Waals surface area contributed by atoms with Crippen LogP contribution in [0.5, 0.6) is 5.75 Å². The van der Waals surface area contributed by atoms with Crippen molar-refractivity contribution in [2.45, 2.75) is 25.4 Å². The van der Waals surface area contributed by atoms with E-state index in [9.17, 15) is 14.4 Å². The van der Waals surface area contributed by atoms with Crippen molar-refractivity contribution in [1.29, 1.82) is 0 Å². The zero-order valence-corrected chi connectivity index (χ0v) is 19.0. The molecule has 1 unspecified atom stereocenters. The Bertz CT molecular complexity index is 1510. The van der Waals surface area contributed by atoms with Crippen molar-refractivity contribution < 1.29 is 19.1 Å². The zero-order chi connectivity index (χ0) is 24.1. The second-order valence-electron chi connectivity index (χ2n) is 8.73. The van der Waals surface area contributed by atoms with Gasteiger partial charge in [0.25, 0.3) is 5.91 Å². The fourth-order valence-corrected chi connectivity index (χ4v) is 4.93. The molecule has 1 N–H and O–H groups in total. The summed E-state index contributed by atoms with van der Waals surface area (Å²) in [7, 11) is 1.64. The number of hydrogen-bond donors (Lipinski definition) is 1. The van der Waals surface area contributed by atoms with E-state index in [1.165, 1.54) is 0 Å². The molecule has 2 aliphatic rings. The summed E-state index contributed by atoms with van der Waals surface area (Å²) in [5.41, 5.74) is 5.05. The summed E-state index contributed by atoms with van der Waals surface area (Å²) in [6, 6.07) is 20.8. The van der Waals surface area contributed by atoms with Crippen LogP contribution < -0.4 is 10.1 Å². The minimum atomic E-state index is -0.639. The highest BCUT2D eigenvalue weighted by molar-refractivity contribution is 6.05. The lowest BCUT2D eigenvalue weighted by atomic mass is 10.0. The molecule has 35 heavy (non-hydrogen) atoms. The number of imidazole rings is 1. The number of para-hydroxylation sites is 2. The van der Waals surface area contributed by atoms with Gasteiger partial charge < -0.3 is 9.64 Å². The number of rotatable bonds is 4. The molecule has 174 valence electrons. The molecule has 1 aromatic heterocycles. The number of imide groups is 1. The predicted octanol–water partition coefficient (Wildman–Crippen LogP) is 3.46. The van der Waals surface area contributed by atoms with E-state index in [0.29, 0.717) is 18.5 Å². The van der Waals surface area contributed by atoms with Gasteiger partial charge in [-0.05, 0) is 60.5 Å². The maximum absolute atomic E-state index is 13.1. The molecular formula is C27H22N4O4. The maximum Gasteiger partial charge on any atom is 0.255 e. The number of amides is 3. The van der Waals surface area contributed by atoms with E-state index in [0.717, 1.165) is 39.4 Å². The fraction of sp³-hybridized carbons (Fsp3) is 0.185. The van der Waals surface area contributed by atoms with E-state index in [1.54, 1.807) is 18.1 Å². The Balaban J connectivity index is 1.41. The Kier molecular flexibility index (Phi) is 4.88.